The maximum absolute atomic E-state index is 4.36. The first-order valence-corrected chi connectivity index (χ1v) is 18.1. The molecule has 0 saturated carbocycles. The van der Waals surface area contributed by atoms with Gasteiger partial charge < -0.3 is 4.57 Å². The summed E-state index contributed by atoms with van der Waals surface area (Å²) in [7, 11) is 0. The summed E-state index contributed by atoms with van der Waals surface area (Å²) in [4.78, 5) is 4.36. The number of rotatable bonds is 4. The molecule has 244 valence electrons. The molecular weight excluding hydrogens is 617 g/mol. The number of para-hydroxylation sites is 2. The molecule has 1 aliphatic rings. The molecule has 0 aliphatic heterocycles. The molecule has 0 bridgehead atoms. The van der Waals surface area contributed by atoms with E-state index in [1.165, 1.54) is 93.5 Å². The molecule has 0 N–H and O–H groups in total. The fourth-order valence-corrected chi connectivity index (χ4v) is 8.57. The van der Waals surface area contributed by atoms with E-state index >= 15 is 0 Å². The SMILES string of the molecule is CC(C)(C)c1cc2c3c(ccc4c(-c5ccc(-c6cccnc6)cc5)cc(-c5cccc(-n6c7ccccc7c7ccccc76)c5)c(c43)CC2)c1. The van der Waals surface area contributed by atoms with Gasteiger partial charge in [0.2, 0.25) is 0 Å². The Bertz CT molecular complexity index is 2760. The summed E-state index contributed by atoms with van der Waals surface area (Å²) < 4.78 is 2.43. The lowest BCUT2D eigenvalue weighted by molar-refractivity contribution is 0.590. The Morgan fingerprint density at radius 2 is 1.25 bits per heavy atom. The van der Waals surface area contributed by atoms with Crippen LogP contribution in [-0.2, 0) is 18.3 Å². The average molecular weight is 655 g/mol. The van der Waals surface area contributed by atoms with Gasteiger partial charge in [-0.2, -0.15) is 0 Å². The number of hydrogen-bond acceptors (Lipinski definition) is 1. The number of fused-ring (bicyclic) bond motifs is 3. The Morgan fingerprint density at radius 1 is 0.529 bits per heavy atom. The van der Waals surface area contributed by atoms with E-state index in [0.29, 0.717) is 0 Å². The van der Waals surface area contributed by atoms with Crippen molar-refractivity contribution in [3.8, 4) is 39.1 Å². The van der Waals surface area contributed by atoms with Crippen LogP contribution >= 0.6 is 0 Å². The molecule has 0 atom stereocenters. The van der Waals surface area contributed by atoms with Gasteiger partial charge in [0.05, 0.1) is 11.0 Å². The first-order valence-electron chi connectivity index (χ1n) is 18.1. The lowest BCUT2D eigenvalue weighted by atomic mass is 9.77. The first kappa shape index (κ1) is 29.9. The van der Waals surface area contributed by atoms with Crippen LogP contribution in [0.3, 0.4) is 0 Å². The van der Waals surface area contributed by atoms with E-state index in [2.05, 4.69) is 164 Å². The van der Waals surface area contributed by atoms with Gasteiger partial charge in [0.1, 0.15) is 0 Å². The average Bonchev–Trinajstić information content (AvgIpc) is 3.51. The largest absolute Gasteiger partial charge is 0.309 e. The van der Waals surface area contributed by atoms with Crippen LogP contribution in [-0.4, -0.2) is 9.55 Å². The van der Waals surface area contributed by atoms with Crippen LogP contribution in [0.5, 0.6) is 0 Å². The minimum absolute atomic E-state index is 0.0935. The second-order valence-electron chi connectivity index (χ2n) is 15.2. The van der Waals surface area contributed by atoms with Gasteiger partial charge in [-0.25, -0.2) is 0 Å². The molecule has 7 aromatic carbocycles. The van der Waals surface area contributed by atoms with Crippen molar-refractivity contribution in [3.63, 3.8) is 0 Å². The highest BCUT2D eigenvalue weighted by Gasteiger charge is 2.25. The molecular formula is C49H38N2. The van der Waals surface area contributed by atoms with Crippen molar-refractivity contribution in [2.24, 2.45) is 0 Å². The second-order valence-corrected chi connectivity index (χ2v) is 15.2. The van der Waals surface area contributed by atoms with E-state index in [0.717, 1.165) is 18.4 Å². The Hall–Kier alpha value is -5.99. The zero-order chi connectivity index (χ0) is 34.3. The van der Waals surface area contributed by atoms with Crippen molar-refractivity contribution in [1.82, 2.24) is 9.55 Å². The maximum atomic E-state index is 4.36. The number of benzene rings is 7. The monoisotopic (exact) mass is 654 g/mol. The van der Waals surface area contributed by atoms with Gasteiger partial charge in [0, 0.05) is 28.9 Å². The van der Waals surface area contributed by atoms with Crippen molar-refractivity contribution in [2.45, 2.75) is 39.0 Å². The van der Waals surface area contributed by atoms with Crippen molar-refractivity contribution in [1.29, 1.82) is 0 Å². The van der Waals surface area contributed by atoms with Crippen LogP contribution in [0.2, 0.25) is 0 Å². The topological polar surface area (TPSA) is 17.8 Å². The molecule has 10 rings (SSSR count). The van der Waals surface area contributed by atoms with E-state index in [1.54, 1.807) is 0 Å². The summed E-state index contributed by atoms with van der Waals surface area (Å²) in [5.74, 6) is 0. The highest BCUT2D eigenvalue weighted by atomic mass is 15.0. The lowest BCUT2D eigenvalue weighted by Gasteiger charge is -2.27. The fourth-order valence-electron chi connectivity index (χ4n) is 8.57. The normalized spacial score (nSPS) is 12.8. The van der Waals surface area contributed by atoms with Crippen molar-refractivity contribution >= 4 is 43.4 Å². The van der Waals surface area contributed by atoms with Gasteiger partial charge in [-0.15, -0.1) is 0 Å². The van der Waals surface area contributed by atoms with Crippen LogP contribution in [0.25, 0.3) is 82.4 Å². The van der Waals surface area contributed by atoms with Gasteiger partial charge in [-0.1, -0.05) is 124 Å². The van der Waals surface area contributed by atoms with Gasteiger partial charge in [-0.05, 0) is 126 Å². The standard InChI is InChI=1S/C49H38N2/c1-49(2,3)37-26-34-21-23-41-43(32-19-17-31(18-20-32)36-11-9-25-50-30-36)29-44(42-24-22-35(27-37)47(34)48(41)42)33-10-8-12-38(28-33)51-45-15-6-4-13-39(45)40-14-5-7-16-46(40)51/h4-21,23,25-30H,22,24H2,1-3H3. The molecule has 2 nitrogen and oxygen atoms in total. The lowest BCUT2D eigenvalue weighted by Crippen LogP contribution is -2.13. The molecule has 1 aliphatic carbocycles. The summed E-state index contributed by atoms with van der Waals surface area (Å²) in [5.41, 5.74) is 15.5. The number of pyridine rings is 1. The number of aryl methyl sites for hydroxylation is 2. The van der Waals surface area contributed by atoms with Crippen LogP contribution in [0, 0.1) is 0 Å². The van der Waals surface area contributed by atoms with Crippen molar-refractivity contribution in [3.05, 3.63) is 169 Å². The third-order valence-electron chi connectivity index (χ3n) is 11.1. The summed E-state index contributed by atoms with van der Waals surface area (Å²) >= 11 is 0. The van der Waals surface area contributed by atoms with E-state index < -0.39 is 0 Å². The Balaban J connectivity index is 1.24. The minimum Gasteiger partial charge on any atom is -0.309 e. The minimum atomic E-state index is 0.0935. The van der Waals surface area contributed by atoms with Crippen LogP contribution < -0.4 is 0 Å². The molecule has 2 aromatic heterocycles. The van der Waals surface area contributed by atoms with Gasteiger partial charge in [-0.3, -0.25) is 4.98 Å². The molecule has 0 amide bonds. The highest BCUT2D eigenvalue weighted by Crippen LogP contribution is 2.46. The number of nitrogens with zero attached hydrogens (tertiary/aromatic N) is 2. The Labute approximate surface area is 298 Å². The summed E-state index contributed by atoms with van der Waals surface area (Å²) in [5, 5.41) is 8.09. The molecule has 9 aromatic rings. The highest BCUT2D eigenvalue weighted by molar-refractivity contribution is 6.18. The summed E-state index contributed by atoms with van der Waals surface area (Å²) in [6.45, 7) is 6.98. The van der Waals surface area contributed by atoms with Crippen molar-refractivity contribution in [2.75, 3.05) is 0 Å². The summed E-state index contributed by atoms with van der Waals surface area (Å²) in [6, 6.07) is 52.1. The van der Waals surface area contributed by atoms with Gasteiger partial charge in [0.25, 0.3) is 0 Å². The number of hydrogen-bond donors (Lipinski definition) is 0. The predicted molar refractivity (Wildman–Crippen MR) is 216 cm³/mol. The summed E-state index contributed by atoms with van der Waals surface area (Å²) in [6.07, 6.45) is 5.83. The quantitative estimate of drug-likeness (QED) is 0.173. The predicted octanol–water partition coefficient (Wildman–Crippen LogP) is 12.9. The molecule has 51 heavy (non-hydrogen) atoms. The van der Waals surface area contributed by atoms with Crippen LogP contribution in [0.1, 0.15) is 37.5 Å². The van der Waals surface area contributed by atoms with Crippen molar-refractivity contribution < 1.29 is 0 Å². The maximum Gasteiger partial charge on any atom is 0.0541 e. The van der Waals surface area contributed by atoms with Crippen LogP contribution in [0.15, 0.2) is 152 Å². The van der Waals surface area contributed by atoms with Gasteiger partial charge in [0.15, 0.2) is 0 Å². The molecule has 0 spiro atoms. The third-order valence-corrected chi connectivity index (χ3v) is 11.1. The molecule has 0 unspecified atom stereocenters. The molecule has 0 fully saturated rings. The van der Waals surface area contributed by atoms with E-state index in [9.17, 15) is 0 Å². The number of aromatic nitrogens is 2. The molecule has 0 saturated heterocycles. The Morgan fingerprint density at radius 3 is 1.98 bits per heavy atom. The van der Waals surface area contributed by atoms with E-state index in [-0.39, 0.29) is 5.41 Å². The fraction of sp³-hybridized carbons (Fsp3) is 0.122. The first-order chi connectivity index (χ1) is 24.9. The zero-order valence-corrected chi connectivity index (χ0v) is 29.2. The molecule has 0 radical (unpaired) electrons. The Kier molecular flexibility index (Phi) is 6.60. The third kappa shape index (κ3) is 4.74. The molecule has 2 heteroatoms. The van der Waals surface area contributed by atoms with Crippen LogP contribution in [0.4, 0.5) is 0 Å². The van der Waals surface area contributed by atoms with E-state index in [4.69, 9.17) is 0 Å². The van der Waals surface area contributed by atoms with E-state index in [1.807, 2.05) is 18.5 Å². The smallest absolute Gasteiger partial charge is 0.0541 e. The zero-order valence-electron chi connectivity index (χ0n) is 29.2. The second kappa shape index (κ2) is 11.3. The van der Waals surface area contributed by atoms with Gasteiger partial charge >= 0.3 is 0 Å². The molecule has 2 heterocycles.